The van der Waals surface area contributed by atoms with E-state index >= 15 is 0 Å². The van der Waals surface area contributed by atoms with Crippen LogP contribution in [0.3, 0.4) is 0 Å². The molecule has 1 heterocycles. The zero-order valence-corrected chi connectivity index (χ0v) is 11.0. The van der Waals surface area contributed by atoms with Crippen molar-refractivity contribution in [1.29, 1.82) is 5.26 Å². The van der Waals surface area contributed by atoms with Crippen LogP contribution in [0.5, 0.6) is 5.88 Å². The molecule has 0 aliphatic heterocycles. The van der Waals surface area contributed by atoms with Crippen molar-refractivity contribution in [3.8, 4) is 11.9 Å². The molecule has 0 aliphatic carbocycles. The van der Waals surface area contributed by atoms with Crippen LogP contribution in [-0.4, -0.2) is 33.4 Å². The molecule has 0 spiro atoms. The van der Waals surface area contributed by atoms with Crippen molar-refractivity contribution in [2.75, 3.05) is 20.0 Å². The molecule has 0 fully saturated rings. The molecule has 0 aromatic carbocycles. The van der Waals surface area contributed by atoms with Crippen molar-refractivity contribution in [2.45, 2.75) is 12.8 Å². The Morgan fingerprint density at radius 1 is 1.44 bits per heavy atom. The number of hydrogen-bond acceptors (Lipinski definition) is 6. The van der Waals surface area contributed by atoms with E-state index in [1.807, 2.05) is 6.07 Å². The van der Waals surface area contributed by atoms with Gasteiger partial charge in [0.15, 0.2) is 0 Å². The van der Waals surface area contributed by atoms with Gasteiger partial charge in [0, 0.05) is 12.5 Å². The highest BCUT2D eigenvalue weighted by atomic mass is 32.2. The third kappa shape index (κ3) is 4.69. The Morgan fingerprint density at radius 3 is 2.72 bits per heavy atom. The van der Waals surface area contributed by atoms with E-state index in [4.69, 9.17) is 10.00 Å². The van der Waals surface area contributed by atoms with Crippen LogP contribution < -0.4 is 4.74 Å². The van der Waals surface area contributed by atoms with E-state index in [0.717, 1.165) is 11.8 Å². The first kappa shape index (κ1) is 14.4. The number of aromatic nitrogens is 1. The summed E-state index contributed by atoms with van der Waals surface area (Å²) in [7, 11) is -1.97. The molecule has 98 valence electrons. The van der Waals surface area contributed by atoms with Gasteiger partial charge in [-0.25, -0.2) is 4.98 Å². The van der Waals surface area contributed by atoms with Gasteiger partial charge < -0.3 is 4.74 Å². The molecular formula is C11H14N2O4S. The summed E-state index contributed by atoms with van der Waals surface area (Å²) < 4.78 is 31.3. The van der Waals surface area contributed by atoms with E-state index in [0.29, 0.717) is 18.0 Å². The molecule has 1 rings (SSSR count). The molecule has 0 amide bonds. The fourth-order valence-electron chi connectivity index (χ4n) is 1.38. The Bertz CT molecular complexity index is 549. The molecule has 0 saturated carbocycles. The lowest BCUT2D eigenvalue weighted by Crippen LogP contribution is -2.09. The predicted octanol–water partition coefficient (Wildman–Crippen LogP) is 0.675. The van der Waals surface area contributed by atoms with Crippen LogP contribution in [-0.2, 0) is 27.1 Å². The molecule has 6 nitrogen and oxygen atoms in total. The van der Waals surface area contributed by atoms with Crippen LogP contribution >= 0.6 is 0 Å². The second-order valence-electron chi connectivity index (χ2n) is 3.57. The highest BCUT2D eigenvalue weighted by Crippen LogP contribution is 2.14. The molecule has 18 heavy (non-hydrogen) atoms. The maximum absolute atomic E-state index is 10.8. The molecular weight excluding hydrogens is 256 g/mol. The van der Waals surface area contributed by atoms with Crippen LogP contribution in [0.4, 0.5) is 0 Å². The molecule has 7 heteroatoms. The van der Waals surface area contributed by atoms with Gasteiger partial charge in [0.2, 0.25) is 5.88 Å². The average molecular weight is 270 g/mol. The van der Waals surface area contributed by atoms with Crippen LogP contribution in [0.25, 0.3) is 0 Å². The number of pyridine rings is 1. The van der Waals surface area contributed by atoms with Gasteiger partial charge >= 0.3 is 0 Å². The minimum Gasteiger partial charge on any atom is -0.481 e. The van der Waals surface area contributed by atoms with Crippen molar-refractivity contribution >= 4 is 10.1 Å². The third-order valence-electron chi connectivity index (χ3n) is 2.16. The zero-order chi connectivity index (χ0) is 13.6. The largest absolute Gasteiger partial charge is 0.481 e. The summed E-state index contributed by atoms with van der Waals surface area (Å²) in [6, 6.07) is 5.43. The first-order chi connectivity index (χ1) is 8.46. The Labute approximate surface area is 106 Å². The summed E-state index contributed by atoms with van der Waals surface area (Å²) >= 11 is 0. The fraction of sp³-hybridized carbons (Fsp3) is 0.455. The summed E-state index contributed by atoms with van der Waals surface area (Å²) in [5.41, 5.74) is 1.36. The number of methoxy groups -OCH3 is 1. The normalized spacial score (nSPS) is 10.9. The highest BCUT2D eigenvalue weighted by molar-refractivity contribution is 7.85. The summed E-state index contributed by atoms with van der Waals surface area (Å²) in [5, 5.41) is 8.69. The molecule has 0 N–H and O–H groups in total. The summed E-state index contributed by atoms with van der Waals surface area (Å²) in [6.45, 7) is -0.00255. The van der Waals surface area contributed by atoms with Crippen molar-refractivity contribution in [2.24, 2.45) is 0 Å². The van der Waals surface area contributed by atoms with Crippen LogP contribution in [0, 0.1) is 11.3 Å². The van der Waals surface area contributed by atoms with Gasteiger partial charge in [-0.1, -0.05) is 6.07 Å². The molecule has 0 bridgehead atoms. The first-order valence-electron chi connectivity index (χ1n) is 5.20. The van der Waals surface area contributed by atoms with Gasteiger partial charge in [-0.15, -0.1) is 0 Å². The number of rotatable bonds is 6. The topological polar surface area (TPSA) is 89.3 Å². The zero-order valence-electron chi connectivity index (χ0n) is 10.2. The Balaban J connectivity index is 2.81. The SMILES string of the molecule is COc1ccc(CC#N)c(CCOS(C)(=O)=O)n1. The molecule has 0 saturated heterocycles. The Morgan fingerprint density at radius 2 is 2.17 bits per heavy atom. The monoisotopic (exact) mass is 270 g/mol. The average Bonchev–Trinajstić information content (AvgIpc) is 2.30. The van der Waals surface area contributed by atoms with Crippen molar-refractivity contribution in [3.63, 3.8) is 0 Å². The summed E-state index contributed by atoms with van der Waals surface area (Å²) in [5.74, 6) is 0.422. The third-order valence-corrected chi connectivity index (χ3v) is 2.75. The predicted molar refractivity (Wildman–Crippen MR) is 64.6 cm³/mol. The summed E-state index contributed by atoms with van der Waals surface area (Å²) in [4.78, 5) is 4.18. The van der Waals surface area contributed by atoms with Crippen LogP contribution in [0.2, 0.25) is 0 Å². The van der Waals surface area contributed by atoms with Gasteiger partial charge in [-0.05, 0) is 5.56 Å². The van der Waals surface area contributed by atoms with Gasteiger partial charge in [0.25, 0.3) is 10.1 Å². The lowest BCUT2D eigenvalue weighted by Gasteiger charge is -2.08. The lowest BCUT2D eigenvalue weighted by molar-refractivity contribution is 0.323. The van der Waals surface area contributed by atoms with E-state index in [-0.39, 0.29) is 13.0 Å². The second-order valence-corrected chi connectivity index (χ2v) is 5.21. The number of nitriles is 1. The number of hydrogen-bond donors (Lipinski definition) is 0. The van der Waals surface area contributed by atoms with E-state index in [2.05, 4.69) is 9.17 Å². The van der Waals surface area contributed by atoms with Gasteiger partial charge in [0.1, 0.15) is 0 Å². The van der Waals surface area contributed by atoms with Gasteiger partial charge in [-0.3, -0.25) is 4.18 Å². The molecule has 0 atom stereocenters. The van der Waals surface area contributed by atoms with Gasteiger partial charge in [0.05, 0.1) is 38.2 Å². The van der Waals surface area contributed by atoms with E-state index in [1.165, 1.54) is 7.11 Å². The highest BCUT2D eigenvalue weighted by Gasteiger charge is 2.08. The standard InChI is InChI=1S/C11H14N2O4S/c1-16-11-4-3-9(5-7-12)10(13-11)6-8-17-18(2,14)15/h3-4H,5-6,8H2,1-2H3. The summed E-state index contributed by atoms with van der Waals surface area (Å²) in [6.07, 6.45) is 1.51. The number of ether oxygens (including phenoxy) is 1. The van der Waals surface area contributed by atoms with Crippen LogP contribution in [0.15, 0.2) is 12.1 Å². The van der Waals surface area contributed by atoms with Gasteiger partial charge in [-0.2, -0.15) is 13.7 Å². The minimum atomic E-state index is -3.46. The Kier molecular flexibility index (Phi) is 5.07. The van der Waals surface area contributed by atoms with Crippen LogP contribution in [0.1, 0.15) is 11.3 Å². The van der Waals surface area contributed by atoms with E-state index in [9.17, 15) is 8.42 Å². The first-order valence-corrected chi connectivity index (χ1v) is 7.02. The smallest absolute Gasteiger partial charge is 0.264 e. The van der Waals surface area contributed by atoms with Crippen molar-refractivity contribution in [3.05, 3.63) is 23.4 Å². The van der Waals surface area contributed by atoms with E-state index < -0.39 is 10.1 Å². The lowest BCUT2D eigenvalue weighted by atomic mass is 10.1. The molecule has 1 aromatic heterocycles. The second kappa shape index (κ2) is 6.33. The minimum absolute atomic E-state index is 0.00255. The quantitative estimate of drug-likeness (QED) is 0.706. The van der Waals surface area contributed by atoms with Crippen molar-refractivity contribution < 1.29 is 17.3 Å². The van der Waals surface area contributed by atoms with E-state index in [1.54, 1.807) is 12.1 Å². The molecule has 1 aromatic rings. The fourth-order valence-corrected chi connectivity index (χ4v) is 1.76. The molecule has 0 unspecified atom stereocenters. The molecule has 0 radical (unpaired) electrons. The maximum Gasteiger partial charge on any atom is 0.264 e. The number of nitrogens with zero attached hydrogens (tertiary/aromatic N) is 2. The molecule has 0 aliphatic rings. The van der Waals surface area contributed by atoms with Crippen molar-refractivity contribution in [1.82, 2.24) is 4.98 Å². The maximum atomic E-state index is 10.8. The Hall–Kier alpha value is -1.65.